The Morgan fingerprint density at radius 1 is 0.471 bits per heavy atom. The Hall–Kier alpha value is -6.87. The van der Waals surface area contributed by atoms with E-state index in [-0.39, 0.29) is 17.3 Å². The maximum atomic E-state index is 6.00. The van der Waals surface area contributed by atoms with Gasteiger partial charge in [0.05, 0.1) is 16.8 Å². The summed E-state index contributed by atoms with van der Waals surface area (Å²) < 4.78 is 0. The third-order valence-electron chi connectivity index (χ3n) is 9.49. The summed E-state index contributed by atoms with van der Waals surface area (Å²) in [7, 11) is 0. The average Bonchev–Trinajstić information content (AvgIpc) is 3.65. The van der Waals surface area contributed by atoms with E-state index < -0.39 is 0 Å². The summed E-state index contributed by atoms with van der Waals surface area (Å²) in [6.45, 7) is 1.70. The molecule has 0 atom stereocenters. The van der Waals surface area contributed by atoms with E-state index >= 15 is 0 Å². The molecule has 0 radical (unpaired) electrons. The van der Waals surface area contributed by atoms with E-state index in [9.17, 15) is 0 Å². The first-order chi connectivity index (χ1) is 24.7. The molecule has 0 fully saturated rings. The Bertz CT molecular complexity index is 2220. The van der Waals surface area contributed by atoms with Gasteiger partial charge in [-0.15, -0.1) is 0 Å². The highest BCUT2D eigenvalue weighted by atomic mass is 15.1. The average molecular weight is 670 g/mol. The molecule has 0 amide bonds. The van der Waals surface area contributed by atoms with Crippen molar-refractivity contribution in [2.45, 2.75) is 18.8 Å². The second-order valence-electron chi connectivity index (χ2n) is 12.6. The highest BCUT2D eigenvalue weighted by molar-refractivity contribution is 5.87. The van der Waals surface area contributed by atoms with E-state index in [4.69, 9.17) is 34.4 Å². The van der Waals surface area contributed by atoms with Crippen LogP contribution < -0.4 is 34.4 Å². The molecule has 252 valence electrons. The summed E-state index contributed by atoms with van der Waals surface area (Å²) in [4.78, 5) is 11.0. The first-order valence-corrected chi connectivity index (χ1v) is 16.6. The van der Waals surface area contributed by atoms with E-state index in [1.54, 1.807) is 6.92 Å². The standard InChI is InChI=1S/C25H20N2.C13H12N2.C4H7N5/c26-19-13-9-17(10-14-19)25(18-11-15-20(27)16-12-18)23-7-3-1-5-21(23)22-6-2-4-8-24(22)25;14-12-6-5-10-9-4-2-1-3-8(9)7-11(10)13(12)15;1-2-7-3(5)9-4(6)8-2/h1-16H,26-27H2;1-6H,7,14-15H2;1H3,(H4,5,6,7,8,9). The van der Waals surface area contributed by atoms with Gasteiger partial charge in [0.1, 0.15) is 5.82 Å². The predicted molar refractivity (Wildman–Crippen MR) is 209 cm³/mol. The zero-order valence-corrected chi connectivity index (χ0v) is 28.2. The molecule has 1 aromatic heterocycles. The number of nitrogen functional groups attached to an aromatic ring is 6. The normalized spacial score (nSPS) is 12.6. The molecule has 7 aromatic rings. The Morgan fingerprint density at radius 3 is 1.45 bits per heavy atom. The Morgan fingerprint density at radius 2 is 0.941 bits per heavy atom. The van der Waals surface area contributed by atoms with Crippen molar-refractivity contribution in [3.8, 4) is 22.3 Å². The predicted octanol–water partition coefficient (Wildman–Crippen LogP) is 6.98. The van der Waals surface area contributed by atoms with Crippen molar-refractivity contribution in [2.24, 2.45) is 0 Å². The lowest BCUT2D eigenvalue weighted by Crippen LogP contribution is -2.28. The van der Waals surface area contributed by atoms with Gasteiger partial charge in [0.2, 0.25) is 11.9 Å². The minimum absolute atomic E-state index is 0.167. The highest BCUT2D eigenvalue weighted by Gasteiger charge is 2.45. The van der Waals surface area contributed by atoms with Crippen LogP contribution in [0, 0.1) is 6.92 Å². The smallest absolute Gasteiger partial charge is 0.225 e. The first kappa shape index (κ1) is 32.7. The van der Waals surface area contributed by atoms with Gasteiger partial charge in [0.15, 0.2) is 0 Å². The number of anilines is 6. The fraction of sp³-hybridized carbons (Fsp3) is 0.0714. The van der Waals surface area contributed by atoms with Gasteiger partial charge in [-0.25, -0.2) is 0 Å². The summed E-state index contributed by atoms with van der Waals surface area (Å²) in [6.07, 6.45) is 0.905. The fourth-order valence-corrected chi connectivity index (χ4v) is 7.27. The molecule has 0 aliphatic heterocycles. The van der Waals surface area contributed by atoms with Gasteiger partial charge in [0, 0.05) is 17.8 Å². The molecule has 0 spiro atoms. The fourth-order valence-electron chi connectivity index (χ4n) is 7.27. The van der Waals surface area contributed by atoms with Gasteiger partial charge in [-0.2, -0.15) is 15.0 Å². The summed E-state index contributed by atoms with van der Waals surface area (Å²) in [5.74, 6) is 0.875. The second-order valence-corrected chi connectivity index (χ2v) is 12.6. The van der Waals surface area contributed by atoms with Gasteiger partial charge in [0.25, 0.3) is 0 Å². The summed E-state index contributed by atoms with van der Waals surface area (Å²) in [5.41, 5.74) is 49.4. The molecule has 1 heterocycles. The molecule has 9 nitrogen and oxygen atoms in total. The van der Waals surface area contributed by atoms with Crippen LogP contribution in [0.3, 0.4) is 0 Å². The number of rotatable bonds is 2. The van der Waals surface area contributed by atoms with Gasteiger partial charge in [-0.05, 0) is 92.9 Å². The Labute approximate surface area is 297 Å². The molecular weight excluding hydrogens is 631 g/mol. The highest BCUT2D eigenvalue weighted by Crippen LogP contribution is 2.56. The van der Waals surface area contributed by atoms with Crippen LogP contribution in [0.4, 0.5) is 34.6 Å². The van der Waals surface area contributed by atoms with E-state index in [2.05, 4.69) is 118 Å². The lowest BCUT2D eigenvalue weighted by Gasteiger charge is -2.34. The van der Waals surface area contributed by atoms with Crippen molar-refractivity contribution in [3.63, 3.8) is 0 Å². The topological polar surface area (TPSA) is 195 Å². The third-order valence-corrected chi connectivity index (χ3v) is 9.49. The van der Waals surface area contributed by atoms with Gasteiger partial charge < -0.3 is 34.4 Å². The molecule has 0 bridgehead atoms. The quantitative estimate of drug-likeness (QED) is 0.105. The third kappa shape index (κ3) is 5.91. The maximum Gasteiger partial charge on any atom is 0.225 e. The molecule has 0 unspecified atom stereocenters. The van der Waals surface area contributed by atoms with Crippen molar-refractivity contribution in [3.05, 3.63) is 173 Å². The van der Waals surface area contributed by atoms with Crippen LogP contribution in [0.25, 0.3) is 22.3 Å². The van der Waals surface area contributed by atoms with Crippen molar-refractivity contribution >= 4 is 34.6 Å². The molecule has 6 aromatic carbocycles. The molecule has 2 aliphatic carbocycles. The van der Waals surface area contributed by atoms with Gasteiger partial charge in [-0.3, -0.25) is 0 Å². The first-order valence-electron chi connectivity index (χ1n) is 16.6. The minimum Gasteiger partial charge on any atom is -0.399 e. The van der Waals surface area contributed by atoms with Crippen molar-refractivity contribution in [1.29, 1.82) is 0 Å². The number of benzene rings is 6. The SMILES string of the molecule is Cc1nc(N)nc(N)n1.Nc1ccc(C2(c3ccc(N)cc3)c3ccccc3-c3ccccc32)cc1.Nc1ccc2c(c1N)Cc1ccccc1-2. The minimum atomic E-state index is -0.380. The number of aryl methyl sites for hydroxylation is 1. The Balaban J connectivity index is 0.000000141. The van der Waals surface area contributed by atoms with Crippen molar-refractivity contribution in [2.75, 3.05) is 34.4 Å². The zero-order chi connectivity index (χ0) is 35.7. The van der Waals surface area contributed by atoms with Gasteiger partial charge >= 0.3 is 0 Å². The monoisotopic (exact) mass is 669 g/mol. The van der Waals surface area contributed by atoms with Crippen LogP contribution in [0.2, 0.25) is 0 Å². The van der Waals surface area contributed by atoms with Crippen LogP contribution >= 0.6 is 0 Å². The van der Waals surface area contributed by atoms with E-state index in [1.807, 2.05) is 30.3 Å². The largest absolute Gasteiger partial charge is 0.399 e. The number of hydrogen-bond acceptors (Lipinski definition) is 9. The van der Waals surface area contributed by atoms with Crippen LogP contribution in [-0.4, -0.2) is 15.0 Å². The van der Waals surface area contributed by atoms with Crippen molar-refractivity contribution in [1.82, 2.24) is 15.0 Å². The van der Waals surface area contributed by atoms with E-state index in [0.717, 1.165) is 23.5 Å². The van der Waals surface area contributed by atoms with Crippen molar-refractivity contribution < 1.29 is 0 Å². The number of nitrogens with two attached hydrogens (primary N) is 6. The van der Waals surface area contributed by atoms with E-state index in [1.165, 1.54) is 55.6 Å². The lowest BCUT2D eigenvalue weighted by molar-refractivity contribution is 0.769. The summed E-state index contributed by atoms with van der Waals surface area (Å²) >= 11 is 0. The summed E-state index contributed by atoms with van der Waals surface area (Å²) in [5, 5.41) is 0. The van der Waals surface area contributed by atoms with Crippen LogP contribution in [0.5, 0.6) is 0 Å². The number of fused-ring (bicyclic) bond motifs is 6. The number of aromatic nitrogens is 3. The molecule has 9 rings (SSSR count). The maximum absolute atomic E-state index is 6.00. The zero-order valence-electron chi connectivity index (χ0n) is 28.2. The molecule has 0 saturated heterocycles. The molecule has 12 N–H and O–H groups in total. The number of nitrogens with zero attached hydrogens (tertiary/aromatic N) is 3. The molecule has 2 aliphatic rings. The lowest BCUT2D eigenvalue weighted by atomic mass is 9.67. The number of hydrogen-bond donors (Lipinski definition) is 6. The molecule has 9 heteroatoms. The molecular formula is C42H39N9. The second kappa shape index (κ2) is 13.2. The molecule has 51 heavy (non-hydrogen) atoms. The van der Waals surface area contributed by atoms with Crippen LogP contribution in [-0.2, 0) is 11.8 Å². The van der Waals surface area contributed by atoms with Gasteiger partial charge in [-0.1, -0.05) is 103 Å². The Kier molecular flexibility index (Phi) is 8.46. The van der Waals surface area contributed by atoms with Crippen LogP contribution in [0.1, 0.15) is 39.2 Å². The summed E-state index contributed by atoms with van der Waals surface area (Å²) in [6, 6.07) is 46.2. The van der Waals surface area contributed by atoms with E-state index in [0.29, 0.717) is 11.5 Å². The molecule has 0 saturated carbocycles. The van der Waals surface area contributed by atoms with Crippen LogP contribution in [0.15, 0.2) is 133 Å².